The van der Waals surface area contributed by atoms with Crippen LogP contribution in [0.15, 0.2) is 42.6 Å². The number of ether oxygens (including phenoxy) is 2. The lowest BCUT2D eigenvalue weighted by Gasteiger charge is -2.33. The number of carbonyl (C=O) groups is 1. The van der Waals surface area contributed by atoms with E-state index in [1.54, 1.807) is 39.1 Å². The number of aliphatic hydroxyl groups is 1. The van der Waals surface area contributed by atoms with E-state index in [9.17, 15) is 20.0 Å². The molecule has 8 heteroatoms. The van der Waals surface area contributed by atoms with Gasteiger partial charge in [-0.15, -0.1) is 0 Å². The van der Waals surface area contributed by atoms with Crippen LogP contribution in [-0.2, 0) is 9.53 Å². The number of nitrogens with one attached hydrogen (secondary N) is 1. The summed E-state index contributed by atoms with van der Waals surface area (Å²) in [5.41, 5.74) is -0.735. The zero-order chi connectivity index (χ0) is 19.3. The van der Waals surface area contributed by atoms with Crippen LogP contribution in [0.5, 0.6) is 5.75 Å². The van der Waals surface area contributed by atoms with E-state index >= 15 is 0 Å². The molecule has 2 aromatic rings. The molecule has 0 aliphatic heterocycles. The Morgan fingerprint density at radius 3 is 2.46 bits per heavy atom. The molecule has 0 radical (unpaired) electrons. The molecular weight excluding hydrogens is 340 g/mol. The predicted octanol–water partition coefficient (Wildman–Crippen LogP) is 2.99. The van der Waals surface area contributed by atoms with Crippen molar-refractivity contribution >= 4 is 11.7 Å². The van der Waals surface area contributed by atoms with E-state index in [0.717, 1.165) is 0 Å². The van der Waals surface area contributed by atoms with Gasteiger partial charge in [-0.1, -0.05) is 0 Å². The minimum Gasteiger partial charge on any atom is -0.481 e. The lowest BCUT2D eigenvalue weighted by Crippen LogP contribution is -2.44. The molecule has 140 valence electrons. The second-order valence-electron chi connectivity index (χ2n) is 6.30. The van der Waals surface area contributed by atoms with Gasteiger partial charge in [-0.05, 0) is 45.0 Å². The van der Waals surface area contributed by atoms with Gasteiger partial charge in [-0.2, -0.15) is 0 Å². The van der Waals surface area contributed by atoms with Gasteiger partial charge in [0.15, 0.2) is 6.10 Å². The molecule has 1 aromatic carbocycles. The summed E-state index contributed by atoms with van der Waals surface area (Å²) in [7, 11) is 0. The van der Waals surface area contributed by atoms with Gasteiger partial charge in [0.25, 0.3) is 5.69 Å². The number of benzene rings is 1. The van der Waals surface area contributed by atoms with Crippen LogP contribution >= 0.6 is 0 Å². The number of aliphatic hydroxyl groups excluding tert-OH is 1. The quantitative estimate of drug-likeness (QED) is 0.424. The molecule has 1 aromatic heterocycles. The Bertz CT molecular complexity index is 740. The summed E-state index contributed by atoms with van der Waals surface area (Å²) in [5.74, 6) is -0.217. The summed E-state index contributed by atoms with van der Waals surface area (Å²) in [4.78, 5) is 25.5. The van der Waals surface area contributed by atoms with Gasteiger partial charge in [0.05, 0.1) is 22.6 Å². The highest BCUT2D eigenvalue weighted by molar-refractivity contribution is 5.76. The summed E-state index contributed by atoms with van der Waals surface area (Å²) in [5, 5.41) is 21.6. The Balaban J connectivity index is 2.29. The van der Waals surface area contributed by atoms with E-state index in [-0.39, 0.29) is 12.3 Å². The summed E-state index contributed by atoms with van der Waals surface area (Å²) in [6.45, 7) is 5.04. The molecule has 2 unspecified atom stereocenters. The summed E-state index contributed by atoms with van der Waals surface area (Å²) >= 11 is 0. The van der Waals surface area contributed by atoms with Crippen LogP contribution in [0.1, 0.15) is 32.6 Å². The van der Waals surface area contributed by atoms with Crippen molar-refractivity contribution in [2.45, 2.75) is 33.0 Å². The number of esters is 1. The first-order valence-electron chi connectivity index (χ1n) is 8.17. The number of rotatable bonds is 8. The number of nitrogens with zero attached hydrogens (tertiary/aromatic N) is 1. The van der Waals surface area contributed by atoms with Gasteiger partial charge in [0.2, 0.25) is 0 Å². The van der Waals surface area contributed by atoms with Crippen LogP contribution in [0.2, 0.25) is 0 Å². The topological polar surface area (TPSA) is 115 Å². The molecule has 0 fully saturated rings. The molecule has 0 amide bonds. The summed E-state index contributed by atoms with van der Waals surface area (Å²) < 4.78 is 10.9. The molecular formula is C18H22N2O6. The first-order chi connectivity index (χ1) is 12.3. The van der Waals surface area contributed by atoms with Gasteiger partial charge >= 0.3 is 5.97 Å². The molecule has 0 aliphatic rings. The van der Waals surface area contributed by atoms with Gasteiger partial charge in [0, 0.05) is 18.3 Å². The van der Waals surface area contributed by atoms with Crippen molar-refractivity contribution < 1.29 is 24.3 Å². The van der Waals surface area contributed by atoms with E-state index in [0.29, 0.717) is 11.4 Å². The number of H-pyrrole nitrogens is 1. The van der Waals surface area contributed by atoms with Crippen LogP contribution in [0.4, 0.5) is 5.69 Å². The van der Waals surface area contributed by atoms with Crippen molar-refractivity contribution in [3.8, 4) is 5.75 Å². The van der Waals surface area contributed by atoms with E-state index in [1.165, 1.54) is 24.3 Å². The standard InChI is InChI=1S/C18H22N2O6/c1-4-25-17(22)18(2,3)16(21)15(14-6-5-11-19-14)26-13-9-7-12(8-10-13)20(23)24/h5-11,15-16,19,21H,4H2,1-3H3. The molecule has 0 saturated carbocycles. The smallest absolute Gasteiger partial charge is 0.314 e. The SMILES string of the molecule is CCOC(=O)C(C)(C)C(O)C(Oc1ccc([N+](=O)[O-])cc1)c1ccc[nH]1. The summed E-state index contributed by atoms with van der Waals surface area (Å²) in [6, 6.07) is 8.97. The minimum absolute atomic E-state index is 0.0684. The fourth-order valence-electron chi connectivity index (χ4n) is 2.43. The molecule has 8 nitrogen and oxygen atoms in total. The molecule has 2 atom stereocenters. The molecule has 0 spiro atoms. The molecule has 2 N–H and O–H groups in total. The van der Waals surface area contributed by atoms with Crippen molar-refractivity contribution in [3.63, 3.8) is 0 Å². The Morgan fingerprint density at radius 2 is 1.96 bits per heavy atom. The first kappa shape index (κ1) is 19.5. The number of carbonyl (C=O) groups excluding carboxylic acids is 1. The van der Waals surface area contributed by atoms with Crippen LogP contribution in [-0.4, -0.2) is 33.7 Å². The third-order valence-electron chi connectivity index (χ3n) is 4.07. The van der Waals surface area contributed by atoms with E-state index in [2.05, 4.69) is 4.98 Å². The van der Waals surface area contributed by atoms with Crippen molar-refractivity contribution in [2.24, 2.45) is 5.41 Å². The van der Waals surface area contributed by atoms with Crippen LogP contribution in [0.25, 0.3) is 0 Å². The highest BCUT2D eigenvalue weighted by Crippen LogP contribution is 2.35. The van der Waals surface area contributed by atoms with Crippen molar-refractivity contribution in [1.82, 2.24) is 4.98 Å². The second-order valence-corrected chi connectivity index (χ2v) is 6.30. The number of nitro benzene ring substituents is 1. The number of aromatic amines is 1. The zero-order valence-corrected chi connectivity index (χ0v) is 14.8. The molecule has 26 heavy (non-hydrogen) atoms. The largest absolute Gasteiger partial charge is 0.481 e. The third-order valence-corrected chi connectivity index (χ3v) is 4.07. The monoisotopic (exact) mass is 362 g/mol. The second kappa shape index (κ2) is 8.01. The molecule has 0 aliphatic carbocycles. The number of non-ortho nitro benzene ring substituents is 1. The van der Waals surface area contributed by atoms with Crippen LogP contribution < -0.4 is 4.74 Å². The van der Waals surface area contributed by atoms with E-state index in [4.69, 9.17) is 9.47 Å². The average Bonchev–Trinajstić information content (AvgIpc) is 3.14. The molecule has 1 heterocycles. The normalized spacial score (nSPS) is 13.7. The number of hydrogen-bond donors (Lipinski definition) is 2. The number of aromatic nitrogens is 1. The van der Waals surface area contributed by atoms with Crippen LogP contribution in [0, 0.1) is 15.5 Å². The Labute approximate surface area is 150 Å². The highest BCUT2D eigenvalue weighted by Gasteiger charge is 2.43. The maximum Gasteiger partial charge on any atom is 0.314 e. The Morgan fingerprint density at radius 1 is 1.31 bits per heavy atom. The zero-order valence-electron chi connectivity index (χ0n) is 14.8. The van der Waals surface area contributed by atoms with E-state index < -0.39 is 28.5 Å². The summed E-state index contributed by atoms with van der Waals surface area (Å²) in [6.07, 6.45) is -0.452. The lowest BCUT2D eigenvalue weighted by molar-refractivity contribution is -0.384. The van der Waals surface area contributed by atoms with E-state index in [1.807, 2.05) is 0 Å². The number of nitro groups is 1. The first-order valence-corrected chi connectivity index (χ1v) is 8.17. The van der Waals surface area contributed by atoms with Crippen LogP contribution in [0.3, 0.4) is 0 Å². The Kier molecular flexibility index (Phi) is 5.99. The maximum absolute atomic E-state index is 12.2. The predicted molar refractivity (Wildman–Crippen MR) is 93.7 cm³/mol. The average molecular weight is 362 g/mol. The van der Waals surface area contributed by atoms with Gasteiger partial charge in [-0.3, -0.25) is 14.9 Å². The minimum atomic E-state index is -1.23. The third kappa shape index (κ3) is 4.20. The van der Waals surface area contributed by atoms with Gasteiger partial charge in [0.1, 0.15) is 11.9 Å². The van der Waals surface area contributed by atoms with Crippen molar-refractivity contribution in [2.75, 3.05) is 6.61 Å². The molecule has 0 bridgehead atoms. The fourth-order valence-corrected chi connectivity index (χ4v) is 2.43. The maximum atomic E-state index is 12.2. The van der Waals surface area contributed by atoms with Crippen molar-refractivity contribution in [3.05, 3.63) is 58.4 Å². The van der Waals surface area contributed by atoms with Gasteiger partial charge < -0.3 is 19.6 Å². The Hall–Kier alpha value is -2.87. The van der Waals surface area contributed by atoms with Gasteiger partial charge in [-0.25, -0.2) is 0 Å². The van der Waals surface area contributed by atoms with Crippen molar-refractivity contribution in [1.29, 1.82) is 0 Å². The fraction of sp³-hybridized carbons (Fsp3) is 0.389. The highest BCUT2D eigenvalue weighted by atomic mass is 16.6. The molecule has 2 rings (SSSR count). The number of hydrogen-bond acceptors (Lipinski definition) is 6. The molecule has 0 saturated heterocycles. The lowest BCUT2D eigenvalue weighted by atomic mass is 9.82.